The van der Waals surface area contributed by atoms with Crippen molar-refractivity contribution in [3.8, 4) is 0 Å². The molecule has 2 aliphatic rings. The van der Waals surface area contributed by atoms with Crippen LogP contribution in [0.3, 0.4) is 0 Å². The van der Waals surface area contributed by atoms with E-state index in [1.165, 1.54) is 23.9 Å². The second-order valence-corrected chi connectivity index (χ2v) is 11.8. The SMILES string of the molecule is CN(C)C1=C(c2c(CCCCc3[nH]c4ccccc4c3C3=C(N(C)C)C(=O)N(C)C3=O)[nH]c3ccccc23)C(=O)N(C)C1=O. The lowest BCUT2D eigenvalue weighted by Gasteiger charge is -2.14. The number of nitrogens with zero attached hydrogens (tertiary/aromatic N) is 4. The molecule has 10 nitrogen and oxygen atoms in total. The van der Waals surface area contributed by atoms with Gasteiger partial charge in [-0.2, -0.15) is 0 Å². The quantitative estimate of drug-likeness (QED) is 0.226. The maximum absolute atomic E-state index is 13.4. The van der Waals surface area contributed by atoms with E-state index in [1.807, 2.05) is 48.5 Å². The zero-order valence-corrected chi connectivity index (χ0v) is 25.9. The zero-order valence-electron chi connectivity index (χ0n) is 25.9. The summed E-state index contributed by atoms with van der Waals surface area (Å²) in [7, 11) is 10.2. The summed E-state index contributed by atoms with van der Waals surface area (Å²) in [5.74, 6) is -1.24. The van der Waals surface area contributed by atoms with Crippen LogP contribution in [0.4, 0.5) is 0 Å². The molecule has 0 saturated carbocycles. The molecule has 6 rings (SSSR count). The number of para-hydroxylation sites is 2. The Balaban J connectivity index is 1.34. The third-order valence-corrected chi connectivity index (χ3v) is 8.59. The van der Waals surface area contributed by atoms with Crippen molar-refractivity contribution in [1.82, 2.24) is 29.6 Å². The van der Waals surface area contributed by atoms with Gasteiger partial charge in [0.15, 0.2) is 0 Å². The molecule has 0 bridgehead atoms. The van der Waals surface area contributed by atoms with Gasteiger partial charge in [-0.3, -0.25) is 29.0 Å². The third-order valence-electron chi connectivity index (χ3n) is 8.59. The molecule has 0 radical (unpaired) electrons. The summed E-state index contributed by atoms with van der Waals surface area (Å²) in [6.07, 6.45) is 2.87. The number of aryl methyl sites for hydroxylation is 2. The number of hydrogen-bond acceptors (Lipinski definition) is 6. The standard InChI is InChI=1S/C34H36N6O4/c1-37(2)29-27(31(41)39(5)33(29)43)25-19-13-7-9-15-21(19)35-23(25)17-11-12-18-24-26(20-14-8-10-16-22(20)36-24)28-30(38(3)4)34(44)40(6)32(28)42/h7-10,13-16,35-36H,11-12,17-18H2,1-6H3. The highest BCUT2D eigenvalue weighted by atomic mass is 16.2. The van der Waals surface area contributed by atoms with Gasteiger partial charge in [-0.05, 0) is 37.8 Å². The van der Waals surface area contributed by atoms with Crippen LogP contribution in [0.2, 0.25) is 0 Å². The Morgan fingerprint density at radius 1 is 0.568 bits per heavy atom. The summed E-state index contributed by atoms with van der Waals surface area (Å²) in [5, 5.41) is 1.81. The molecular formula is C34H36N6O4. The number of nitrogens with one attached hydrogen (secondary N) is 2. The number of aromatic nitrogens is 2. The first-order chi connectivity index (χ1) is 21.0. The maximum atomic E-state index is 13.4. The van der Waals surface area contributed by atoms with Crippen molar-refractivity contribution in [3.05, 3.63) is 82.4 Å². The number of fused-ring (bicyclic) bond motifs is 2. The minimum Gasteiger partial charge on any atom is -0.373 e. The predicted molar refractivity (Wildman–Crippen MR) is 170 cm³/mol. The fraction of sp³-hybridized carbons (Fsp3) is 0.294. The number of aromatic amines is 2. The van der Waals surface area contributed by atoms with Gasteiger partial charge in [-0.25, -0.2) is 0 Å². The fourth-order valence-corrected chi connectivity index (χ4v) is 6.48. The Hall–Kier alpha value is -5.12. The molecule has 10 heteroatoms. The van der Waals surface area contributed by atoms with Crippen molar-refractivity contribution in [2.75, 3.05) is 42.3 Å². The Bertz CT molecular complexity index is 1800. The van der Waals surface area contributed by atoms with Crippen LogP contribution in [0.25, 0.3) is 33.0 Å². The van der Waals surface area contributed by atoms with E-state index in [1.54, 1.807) is 38.0 Å². The molecule has 0 atom stereocenters. The van der Waals surface area contributed by atoms with E-state index in [2.05, 4.69) is 9.97 Å². The number of imide groups is 2. The van der Waals surface area contributed by atoms with Crippen LogP contribution < -0.4 is 0 Å². The summed E-state index contributed by atoms with van der Waals surface area (Å²) in [6.45, 7) is 0. The molecule has 2 aromatic carbocycles. The Morgan fingerprint density at radius 3 is 1.30 bits per heavy atom. The van der Waals surface area contributed by atoms with Crippen molar-refractivity contribution < 1.29 is 19.2 Å². The molecule has 2 aliphatic heterocycles. The fourth-order valence-electron chi connectivity index (χ4n) is 6.48. The van der Waals surface area contributed by atoms with Crippen molar-refractivity contribution in [2.24, 2.45) is 0 Å². The van der Waals surface area contributed by atoms with Gasteiger partial charge in [0.2, 0.25) is 0 Å². The lowest BCUT2D eigenvalue weighted by Crippen LogP contribution is -2.29. The summed E-state index contributed by atoms with van der Waals surface area (Å²) in [4.78, 5) is 65.6. The Kier molecular flexibility index (Phi) is 7.15. The van der Waals surface area contributed by atoms with Crippen LogP contribution in [0.5, 0.6) is 0 Å². The maximum Gasteiger partial charge on any atom is 0.277 e. The average molecular weight is 593 g/mol. The van der Waals surface area contributed by atoms with Crippen LogP contribution in [0.1, 0.15) is 35.4 Å². The minimum atomic E-state index is -0.311. The van der Waals surface area contributed by atoms with E-state index in [4.69, 9.17) is 0 Å². The van der Waals surface area contributed by atoms with Crippen LogP contribution in [-0.4, -0.2) is 95.5 Å². The van der Waals surface area contributed by atoms with Gasteiger partial charge in [0.1, 0.15) is 11.4 Å². The highest BCUT2D eigenvalue weighted by Gasteiger charge is 2.41. The molecule has 2 N–H and O–H groups in total. The number of carbonyl (C=O) groups excluding carboxylic acids is 4. The van der Waals surface area contributed by atoms with E-state index < -0.39 is 0 Å². The first-order valence-corrected chi connectivity index (χ1v) is 14.7. The van der Waals surface area contributed by atoms with Crippen molar-refractivity contribution in [1.29, 1.82) is 0 Å². The second-order valence-electron chi connectivity index (χ2n) is 11.8. The van der Waals surface area contributed by atoms with Gasteiger partial charge in [-0.1, -0.05) is 36.4 Å². The lowest BCUT2D eigenvalue weighted by molar-refractivity contribution is -0.137. The second kappa shape index (κ2) is 10.9. The molecule has 0 saturated heterocycles. The smallest absolute Gasteiger partial charge is 0.277 e. The van der Waals surface area contributed by atoms with Gasteiger partial charge >= 0.3 is 0 Å². The number of amides is 4. The minimum absolute atomic E-state index is 0.307. The molecule has 0 fully saturated rings. The molecule has 2 aromatic heterocycles. The average Bonchev–Trinajstić information content (AvgIpc) is 3.67. The highest BCUT2D eigenvalue weighted by molar-refractivity contribution is 6.38. The van der Waals surface area contributed by atoms with Crippen molar-refractivity contribution >= 4 is 56.6 Å². The molecule has 44 heavy (non-hydrogen) atoms. The molecule has 0 unspecified atom stereocenters. The van der Waals surface area contributed by atoms with E-state index in [0.717, 1.165) is 57.2 Å². The van der Waals surface area contributed by atoms with Crippen LogP contribution in [0, 0.1) is 0 Å². The molecule has 4 aromatic rings. The molecule has 0 spiro atoms. The number of hydrogen-bond donors (Lipinski definition) is 2. The first-order valence-electron chi connectivity index (χ1n) is 14.7. The van der Waals surface area contributed by atoms with Crippen molar-refractivity contribution in [2.45, 2.75) is 25.7 Å². The molecule has 0 aliphatic carbocycles. The summed E-state index contributed by atoms with van der Waals surface area (Å²) >= 11 is 0. The lowest BCUT2D eigenvalue weighted by atomic mass is 9.96. The van der Waals surface area contributed by atoms with Crippen molar-refractivity contribution in [3.63, 3.8) is 0 Å². The largest absolute Gasteiger partial charge is 0.373 e. The van der Waals surface area contributed by atoms with Gasteiger partial charge in [-0.15, -0.1) is 0 Å². The van der Waals surface area contributed by atoms with Gasteiger partial charge in [0.05, 0.1) is 11.1 Å². The van der Waals surface area contributed by atoms with Gasteiger partial charge < -0.3 is 19.8 Å². The topological polar surface area (TPSA) is 113 Å². The van der Waals surface area contributed by atoms with E-state index >= 15 is 0 Å². The number of rotatable bonds is 9. The van der Waals surface area contributed by atoms with E-state index in [-0.39, 0.29) is 23.6 Å². The number of carbonyl (C=O) groups is 4. The molecule has 4 heterocycles. The van der Waals surface area contributed by atoms with Crippen LogP contribution >= 0.6 is 0 Å². The van der Waals surface area contributed by atoms with Crippen LogP contribution in [-0.2, 0) is 32.0 Å². The summed E-state index contributed by atoms with van der Waals surface area (Å²) in [6, 6.07) is 15.7. The summed E-state index contributed by atoms with van der Waals surface area (Å²) in [5.41, 5.74) is 6.80. The van der Waals surface area contributed by atoms with Crippen LogP contribution in [0.15, 0.2) is 59.9 Å². The Morgan fingerprint density at radius 2 is 0.932 bits per heavy atom. The number of benzene rings is 2. The monoisotopic (exact) mass is 592 g/mol. The normalized spacial score (nSPS) is 15.8. The highest BCUT2D eigenvalue weighted by Crippen LogP contribution is 2.39. The Labute approximate surface area is 255 Å². The number of unbranched alkanes of at least 4 members (excludes halogenated alkanes) is 1. The number of H-pyrrole nitrogens is 2. The molecular weight excluding hydrogens is 556 g/mol. The molecule has 226 valence electrons. The predicted octanol–water partition coefficient (Wildman–Crippen LogP) is 3.76. The van der Waals surface area contributed by atoms with E-state index in [9.17, 15) is 19.2 Å². The van der Waals surface area contributed by atoms with E-state index in [0.29, 0.717) is 35.4 Å². The first kappa shape index (κ1) is 29.0. The van der Waals surface area contributed by atoms with Gasteiger partial charge in [0.25, 0.3) is 23.6 Å². The third kappa shape index (κ3) is 4.40. The van der Waals surface area contributed by atoms with Gasteiger partial charge in [0, 0.05) is 86.6 Å². The molecule has 4 amide bonds. The number of likely N-dealkylation sites (N-methyl/N-ethyl adjacent to an activating group) is 4. The summed E-state index contributed by atoms with van der Waals surface area (Å²) < 4.78 is 0. The zero-order chi connectivity index (χ0) is 31.4.